The molecule has 0 fully saturated rings. The summed E-state index contributed by atoms with van der Waals surface area (Å²) >= 11 is 5.82. The molecule has 0 saturated carbocycles. The molecule has 1 aromatic carbocycles. The fourth-order valence-corrected chi connectivity index (χ4v) is 1.70. The molecule has 0 aliphatic carbocycles. The molecule has 0 aliphatic heterocycles. The molecule has 2 aromatic rings. The van der Waals surface area contributed by atoms with Crippen molar-refractivity contribution in [3.05, 3.63) is 41.4 Å². The molecule has 20 heavy (non-hydrogen) atoms. The normalized spacial score (nSPS) is 10.3. The van der Waals surface area contributed by atoms with Gasteiger partial charge in [-0.25, -0.2) is 4.39 Å². The molecular formula is C14H14ClFN2O2. The van der Waals surface area contributed by atoms with Gasteiger partial charge < -0.3 is 15.2 Å². The molecule has 2 N–H and O–H groups in total. The van der Waals surface area contributed by atoms with Gasteiger partial charge in [-0.15, -0.1) is 0 Å². The predicted octanol–water partition coefficient (Wildman–Crippen LogP) is 4.04. The first-order valence-electron chi connectivity index (χ1n) is 6.10. The van der Waals surface area contributed by atoms with Crippen molar-refractivity contribution in [1.29, 1.82) is 0 Å². The van der Waals surface area contributed by atoms with Gasteiger partial charge in [0.05, 0.1) is 23.5 Å². The van der Waals surface area contributed by atoms with Gasteiger partial charge in [-0.1, -0.05) is 18.5 Å². The van der Waals surface area contributed by atoms with Gasteiger partial charge >= 0.3 is 0 Å². The Labute approximate surface area is 121 Å². The molecule has 6 heteroatoms. The van der Waals surface area contributed by atoms with Gasteiger partial charge in [0.25, 0.3) is 0 Å². The van der Waals surface area contributed by atoms with Crippen LogP contribution in [0.5, 0.6) is 17.2 Å². The summed E-state index contributed by atoms with van der Waals surface area (Å²) in [6.07, 6.45) is 3.75. The fraction of sp³-hybridized carbons (Fsp3) is 0.214. The van der Waals surface area contributed by atoms with Crippen LogP contribution < -0.4 is 15.2 Å². The zero-order valence-electron chi connectivity index (χ0n) is 10.9. The second-order valence-corrected chi connectivity index (χ2v) is 4.55. The molecule has 4 nitrogen and oxygen atoms in total. The first-order valence-corrected chi connectivity index (χ1v) is 6.48. The zero-order chi connectivity index (χ0) is 14.5. The van der Waals surface area contributed by atoms with E-state index in [1.54, 1.807) is 6.07 Å². The third-order valence-electron chi connectivity index (χ3n) is 2.43. The van der Waals surface area contributed by atoms with E-state index in [1.165, 1.54) is 18.5 Å². The molecular weight excluding hydrogens is 283 g/mol. The van der Waals surface area contributed by atoms with E-state index in [1.807, 2.05) is 6.92 Å². The lowest BCUT2D eigenvalue weighted by atomic mass is 10.2. The van der Waals surface area contributed by atoms with Crippen molar-refractivity contribution < 1.29 is 13.9 Å². The van der Waals surface area contributed by atoms with Crippen LogP contribution in [-0.4, -0.2) is 11.6 Å². The lowest BCUT2D eigenvalue weighted by Gasteiger charge is -2.12. The highest BCUT2D eigenvalue weighted by atomic mass is 35.5. The van der Waals surface area contributed by atoms with Gasteiger partial charge in [0.1, 0.15) is 5.75 Å². The Kier molecular flexibility index (Phi) is 4.63. The lowest BCUT2D eigenvalue weighted by molar-refractivity contribution is 0.299. The van der Waals surface area contributed by atoms with Crippen LogP contribution >= 0.6 is 11.6 Å². The summed E-state index contributed by atoms with van der Waals surface area (Å²) in [7, 11) is 0. The molecule has 0 saturated heterocycles. The van der Waals surface area contributed by atoms with Crippen LogP contribution in [0, 0.1) is 5.82 Å². The maximum absolute atomic E-state index is 13.7. The summed E-state index contributed by atoms with van der Waals surface area (Å²) in [6.45, 7) is 2.35. The number of aromatic nitrogens is 1. The van der Waals surface area contributed by atoms with Crippen molar-refractivity contribution in [3.63, 3.8) is 0 Å². The van der Waals surface area contributed by atoms with E-state index in [4.69, 9.17) is 26.8 Å². The second-order valence-electron chi connectivity index (χ2n) is 4.11. The number of ether oxygens (including phenoxy) is 2. The maximum Gasteiger partial charge on any atom is 0.167 e. The maximum atomic E-state index is 13.7. The van der Waals surface area contributed by atoms with Crippen LogP contribution in [-0.2, 0) is 0 Å². The molecule has 106 valence electrons. The van der Waals surface area contributed by atoms with E-state index < -0.39 is 5.82 Å². The number of anilines is 1. The Bertz CT molecular complexity index is 608. The van der Waals surface area contributed by atoms with Crippen molar-refractivity contribution in [2.24, 2.45) is 0 Å². The number of nitrogens with zero attached hydrogens (tertiary/aromatic N) is 1. The van der Waals surface area contributed by atoms with E-state index in [0.29, 0.717) is 23.1 Å². The molecule has 0 spiro atoms. The quantitative estimate of drug-likeness (QED) is 0.846. The van der Waals surface area contributed by atoms with E-state index in [2.05, 4.69) is 4.98 Å². The van der Waals surface area contributed by atoms with Crippen molar-refractivity contribution >= 4 is 17.3 Å². The van der Waals surface area contributed by atoms with E-state index in [-0.39, 0.29) is 11.4 Å². The van der Waals surface area contributed by atoms with Gasteiger partial charge in [-0.05, 0) is 6.42 Å². The van der Waals surface area contributed by atoms with Crippen LogP contribution in [0.3, 0.4) is 0 Å². The minimum absolute atomic E-state index is 0.103. The minimum atomic E-state index is -0.521. The summed E-state index contributed by atoms with van der Waals surface area (Å²) in [5.41, 5.74) is 5.90. The van der Waals surface area contributed by atoms with Crippen molar-refractivity contribution in [2.75, 3.05) is 12.3 Å². The molecule has 0 aliphatic rings. The smallest absolute Gasteiger partial charge is 0.167 e. The number of rotatable bonds is 5. The topological polar surface area (TPSA) is 57.4 Å². The molecule has 0 atom stereocenters. The van der Waals surface area contributed by atoms with Gasteiger partial charge in [-0.3, -0.25) is 4.98 Å². The highest BCUT2D eigenvalue weighted by Crippen LogP contribution is 2.33. The average Bonchev–Trinajstić information content (AvgIpc) is 2.40. The molecule has 2 rings (SSSR count). The molecule has 1 heterocycles. The monoisotopic (exact) mass is 296 g/mol. The number of nitrogens with two attached hydrogens (primary N) is 1. The molecule has 1 aromatic heterocycles. The number of benzene rings is 1. The summed E-state index contributed by atoms with van der Waals surface area (Å²) in [5.74, 6) is 0.289. The van der Waals surface area contributed by atoms with Crippen LogP contribution in [0.15, 0.2) is 30.6 Å². The van der Waals surface area contributed by atoms with Crippen LogP contribution in [0.4, 0.5) is 10.1 Å². The van der Waals surface area contributed by atoms with Gasteiger partial charge in [0.15, 0.2) is 17.3 Å². The predicted molar refractivity (Wildman–Crippen MR) is 75.9 cm³/mol. The van der Waals surface area contributed by atoms with Crippen molar-refractivity contribution in [2.45, 2.75) is 13.3 Å². The third-order valence-corrected chi connectivity index (χ3v) is 2.64. The Balaban J connectivity index is 2.26. The largest absolute Gasteiger partial charge is 0.490 e. The van der Waals surface area contributed by atoms with E-state index in [9.17, 15) is 4.39 Å². The van der Waals surface area contributed by atoms with E-state index in [0.717, 1.165) is 12.5 Å². The Morgan fingerprint density at radius 2 is 2.05 bits per heavy atom. The Morgan fingerprint density at radius 1 is 1.25 bits per heavy atom. The second kappa shape index (κ2) is 6.43. The number of hydrogen-bond acceptors (Lipinski definition) is 4. The zero-order valence-corrected chi connectivity index (χ0v) is 11.7. The van der Waals surface area contributed by atoms with Crippen LogP contribution in [0.2, 0.25) is 5.02 Å². The average molecular weight is 297 g/mol. The Morgan fingerprint density at radius 3 is 2.75 bits per heavy atom. The molecule has 0 unspecified atom stereocenters. The summed E-state index contributed by atoms with van der Waals surface area (Å²) in [6, 6.07) is 4.17. The minimum Gasteiger partial charge on any atom is -0.490 e. The molecule has 0 amide bonds. The Hall–Kier alpha value is -2.01. The first-order chi connectivity index (χ1) is 9.60. The lowest BCUT2D eigenvalue weighted by Crippen LogP contribution is -2.00. The standard InChI is InChI=1S/C14H14ClFN2O2/c1-2-3-19-13-6-14(12(17)5-11(13)16)20-10-4-9(15)7-18-8-10/h4-8H,2-3,17H2,1H3. The van der Waals surface area contributed by atoms with Crippen LogP contribution in [0.1, 0.15) is 13.3 Å². The first kappa shape index (κ1) is 14.4. The molecule has 0 bridgehead atoms. The summed E-state index contributed by atoms with van der Waals surface area (Å²) in [4.78, 5) is 3.90. The summed E-state index contributed by atoms with van der Waals surface area (Å²) < 4.78 is 24.5. The van der Waals surface area contributed by atoms with Crippen LogP contribution in [0.25, 0.3) is 0 Å². The highest BCUT2D eigenvalue weighted by molar-refractivity contribution is 6.30. The number of halogens is 2. The van der Waals surface area contributed by atoms with Gasteiger partial charge in [0, 0.05) is 24.4 Å². The SMILES string of the molecule is CCCOc1cc(Oc2cncc(Cl)c2)c(N)cc1F. The number of nitrogen functional groups attached to an aromatic ring is 1. The number of hydrogen-bond donors (Lipinski definition) is 1. The third kappa shape index (κ3) is 3.51. The van der Waals surface area contributed by atoms with Gasteiger partial charge in [0.2, 0.25) is 0 Å². The van der Waals surface area contributed by atoms with Crippen molar-refractivity contribution in [1.82, 2.24) is 4.98 Å². The molecule has 0 radical (unpaired) electrons. The number of pyridine rings is 1. The van der Waals surface area contributed by atoms with E-state index >= 15 is 0 Å². The highest BCUT2D eigenvalue weighted by Gasteiger charge is 2.11. The summed E-state index contributed by atoms with van der Waals surface area (Å²) in [5, 5.41) is 0.436. The fourth-order valence-electron chi connectivity index (χ4n) is 1.54. The van der Waals surface area contributed by atoms with Crippen molar-refractivity contribution in [3.8, 4) is 17.2 Å². The van der Waals surface area contributed by atoms with Gasteiger partial charge in [-0.2, -0.15) is 0 Å².